The smallest absolute Gasteiger partial charge is 0.119 e. The molecule has 22 heavy (non-hydrogen) atoms. The lowest BCUT2D eigenvalue weighted by molar-refractivity contribution is 0.172. The molecule has 1 aromatic heterocycles. The number of likely N-dealkylation sites (tertiary alicyclic amines) is 1. The molecule has 5 nitrogen and oxygen atoms in total. The Balaban J connectivity index is 1.84. The average molecular weight is 301 g/mol. The molecule has 1 saturated heterocycles. The summed E-state index contributed by atoms with van der Waals surface area (Å²) in [5.74, 6) is 0.858. The zero-order chi connectivity index (χ0) is 15.7. The Morgan fingerprint density at radius 1 is 1.41 bits per heavy atom. The summed E-state index contributed by atoms with van der Waals surface area (Å²) in [5.41, 5.74) is 3.58. The highest BCUT2D eigenvalue weighted by Crippen LogP contribution is 2.35. The minimum atomic E-state index is -0.284. The first-order valence-electron chi connectivity index (χ1n) is 7.62. The first kappa shape index (κ1) is 15.1. The fraction of sp³-hybridized carbons (Fsp3) is 0.471. The molecule has 0 aliphatic carbocycles. The first-order chi connectivity index (χ1) is 10.6. The molecule has 3 rings (SSSR count). The van der Waals surface area contributed by atoms with Crippen molar-refractivity contribution in [2.75, 3.05) is 13.7 Å². The molecule has 1 aliphatic heterocycles. The summed E-state index contributed by atoms with van der Waals surface area (Å²) >= 11 is 0. The summed E-state index contributed by atoms with van der Waals surface area (Å²) < 4.78 is 7.21. The molecule has 1 fully saturated rings. The van der Waals surface area contributed by atoms with Crippen molar-refractivity contribution < 1.29 is 9.84 Å². The van der Waals surface area contributed by atoms with Crippen molar-refractivity contribution in [2.24, 2.45) is 7.05 Å². The van der Waals surface area contributed by atoms with Crippen LogP contribution in [0.3, 0.4) is 0 Å². The topological polar surface area (TPSA) is 50.5 Å². The van der Waals surface area contributed by atoms with Gasteiger partial charge in [0.15, 0.2) is 0 Å². The van der Waals surface area contributed by atoms with Gasteiger partial charge >= 0.3 is 0 Å². The Bertz CT molecular complexity index is 653. The minimum Gasteiger partial charge on any atom is -0.497 e. The quantitative estimate of drug-likeness (QED) is 0.939. The van der Waals surface area contributed by atoms with Crippen LogP contribution in [0.5, 0.6) is 5.75 Å². The number of hydrogen-bond donors (Lipinski definition) is 1. The van der Waals surface area contributed by atoms with Crippen molar-refractivity contribution in [1.29, 1.82) is 0 Å². The van der Waals surface area contributed by atoms with Gasteiger partial charge in [0.2, 0.25) is 0 Å². The van der Waals surface area contributed by atoms with E-state index in [4.69, 9.17) is 4.74 Å². The number of aromatic nitrogens is 2. The van der Waals surface area contributed by atoms with Crippen molar-refractivity contribution in [3.63, 3.8) is 0 Å². The lowest BCUT2D eigenvalue weighted by Gasteiger charge is -2.24. The van der Waals surface area contributed by atoms with Gasteiger partial charge in [-0.05, 0) is 31.0 Å². The lowest BCUT2D eigenvalue weighted by Crippen LogP contribution is -2.24. The third-order valence-electron chi connectivity index (χ3n) is 4.57. The van der Waals surface area contributed by atoms with Gasteiger partial charge in [0, 0.05) is 37.4 Å². The maximum atomic E-state index is 10.1. The van der Waals surface area contributed by atoms with Crippen molar-refractivity contribution >= 4 is 0 Å². The van der Waals surface area contributed by atoms with Gasteiger partial charge in [-0.3, -0.25) is 9.58 Å². The number of β-amino-alcohol motifs (C(OH)–C–C–N with tert-alkyl or cyclic N) is 1. The molecule has 0 bridgehead atoms. The molecule has 118 valence electrons. The van der Waals surface area contributed by atoms with Crippen molar-refractivity contribution in [3.05, 3.63) is 47.3 Å². The molecule has 5 heteroatoms. The molecule has 0 spiro atoms. The number of aliphatic hydroxyl groups excluding tert-OH is 1. The van der Waals surface area contributed by atoms with Crippen LogP contribution >= 0.6 is 0 Å². The molecule has 1 N–H and O–H groups in total. The van der Waals surface area contributed by atoms with Gasteiger partial charge in [0.05, 0.1) is 19.4 Å². The van der Waals surface area contributed by atoms with E-state index >= 15 is 0 Å². The van der Waals surface area contributed by atoms with Gasteiger partial charge in [0.1, 0.15) is 5.75 Å². The minimum absolute atomic E-state index is 0.213. The maximum Gasteiger partial charge on any atom is 0.119 e. The highest BCUT2D eigenvalue weighted by molar-refractivity contribution is 5.31. The van der Waals surface area contributed by atoms with Gasteiger partial charge in [-0.2, -0.15) is 5.10 Å². The van der Waals surface area contributed by atoms with E-state index < -0.39 is 0 Å². The number of aliphatic hydroxyl groups is 1. The summed E-state index contributed by atoms with van der Waals surface area (Å²) in [6.07, 6.45) is 2.39. The third kappa shape index (κ3) is 2.87. The van der Waals surface area contributed by atoms with Crippen molar-refractivity contribution in [3.8, 4) is 5.75 Å². The largest absolute Gasteiger partial charge is 0.497 e. The highest BCUT2D eigenvalue weighted by Gasteiger charge is 2.32. The van der Waals surface area contributed by atoms with Crippen LogP contribution in [0.4, 0.5) is 0 Å². The van der Waals surface area contributed by atoms with E-state index in [1.165, 1.54) is 16.8 Å². The predicted octanol–water partition coefficient (Wildman–Crippen LogP) is 2.05. The predicted molar refractivity (Wildman–Crippen MR) is 84.7 cm³/mol. The lowest BCUT2D eigenvalue weighted by atomic mass is 10.0. The maximum absolute atomic E-state index is 10.1. The van der Waals surface area contributed by atoms with Crippen LogP contribution in [-0.2, 0) is 13.6 Å². The molecule has 1 aromatic carbocycles. The fourth-order valence-corrected chi connectivity index (χ4v) is 3.17. The molecule has 2 atom stereocenters. The summed E-state index contributed by atoms with van der Waals surface area (Å²) in [6, 6.07) is 8.33. The van der Waals surface area contributed by atoms with Gasteiger partial charge < -0.3 is 9.84 Å². The number of nitrogens with zero attached hydrogens (tertiary/aromatic N) is 3. The van der Waals surface area contributed by atoms with Crippen LogP contribution < -0.4 is 4.74 Å². The average Bonchev–Trinajstić information content (AvgIpc) is 3.04. The number of methoxy groups -OCH3 is 1. The second kappa shape index (κ2) is 6.10. The van der Waals surface area contributed by atoms with Gasteiger partial charge in [-0.1, -0.05) is 12.1 Å². The van der Waals surface area contributed by atoms with E-state index in [0.717, 1.165) is 18.7 Å². The SMILES string of the molecule is COc1cccc([C@@H]2C[C@H](O)CN2Cc2cnn(C)c2C)c1. The van der Waals surface area contributed by atoms with Crippen LogP contribution in [0.25, 0.3) is 0 Å². The second-order valence-corrected chi connectivity index (χ2v) is 5.99. The number of ether oxygens (including phenoxy) is 1. The molecule has 0 unspecified atom stereocenters. The van der Waals surface area contributed by atoms with Crippen LogP contribution in [0.15, 0.2) is 30.5 Å². The highest BCUT2D eigenvalue weighted by atomic mass is 16.5. The van der Waals surface area contributed by atoms with E-state index in [2.05, 4.69) is 29.1 Å². The molecular formula is C17H23N3O2. The Kier molecular flexibility index (Phi) is 4.18. The Morgan fingerprint density at radius 3 is 2.91 bits per heavy atom. The molecule has 0 amide bonds. The van der Waals surface area contributed by atoms with Crippen LogP contribution in [0.1, 0.15) is 29.3 Å². The van der Waals surface area contributed by atoms with Crippen molar-refractivity contribution in [2.45, 2.75) is 32.0 Å². The molecule has 0 saturated carbocycles. The summed E-state index contributed by atoms with van der Waals surface area (Å²) in [4.78, 5) is 2.32. The number of benzene rings is 1. The van der Waals surface area contributed by atoms with Gasteiger partial charge in [0.25, 0.3) is 0 Å². The Labute approximate surface area is 131 Å². The van der Waals surface area contributed by atoms with Crippen LogP contribution in [-0.4, -0.2) is 39.5 Å². The molecule has 1 aliphatic rings. The van der Waals surface area contributed by atoms with Gasteiger partial charge in [-0.25, -0.2) is 0 Å². The summed E-state index contributed by atoms with van der Waals surface area (Å²) in [5, 5.41) is 14.4. The monoisotopic (exact) mass is 301 g/mol. The van der Waals surface area contributed by atoms with E-state index in [0.29, 0.717) is 6.54 Å². The third-order valence-corrected chi connectivity index (χ3v) is 4.57. The van der Waals surface area contributed by atoms with Crippen LogP contribution in [0.2, 0.25) is 0 Å². The number of hydrogen-bond acceptors (Lipinski definition) is 4. The fourth-order valence-electron chi connectivity index (χ4n) is 3.17. The summed E-state index contributed by atoms with van der Waals surface area (Å²) in [6.45, 7) is 3.57. The number of aryl methyl sites for hydroxylation is 1. The molecule has 2 heterocycles. The second-order valence-electron chi connectivity index (χ2n) is 5.99. The Hall–Kier alpha value is -1.85. The van der Waals surface area contributed by atoms with E-state index in [1.807, 2.05) is 30.1 Å². The zero-order valence-corrected chi connectivity index (χ0v) is 13.4. The zero-order valence-electron chi connectivity index (χ0n) is 13.4. The van der Waals surface area contributed by atoms with Gasteiger partial charge in [-0.15, -0.1) is 0 Å². The molecular weight excluding hydrogens is 278 g/mol. The normalized spacial score (nSPS) is 22.2. The number of rotatable bonds is 4. The van der Waals surface area contributed by atoms with E-state index in [9.17, 15) is 5.11 Å². The first-order valence-corrected chi connectivity index (χ1v) is 7.62. The van der Waals surface area contributed by atoms with Crippen LogP contribution in [0, 0.1) is 6.92 Å². The van der Waals surface area contributed by atoms with E-state index in [1.54, 1.807) is 7.11 Å². The standard InChI is InChI=1S/C17H23N3O2/c1-12-14(9-18-19(12)2)10-20-11-15(21)8-17(20)13-5-4-6-16(7-13)22-3/h4-7,9,15,17,21H,8,10-11H2,1-3H3/t15-,17-/m0/s1. The van der Waals surface area contributed by atoms with E-state index in [-0.39, 0.29) is 12.1 Å². The summed E-state index contributed by atoms with van der Waals surface area (Å²) in [7, 11) is 3.64. The Morgan fingerprint density at radius 2 is 2.23 bits per heavy atom. The molecule has 2 aromatic rings. The molecule has 0 radical (unpaired) electrons. The van der Waals surface area contributed by atoms with Crippen molar-refractivity contribution in [1.82, 2.24) is 14.7 Å².